The smallest absolute Gasteiger partial charge is 0.317 e. The number of hydrogen-bond acceptors (Lipinski definition) is 3. The molecule has 1 aromatic carbocycles. The van der Waals surface area contributed by atoms with E-state index in [4.69, 9.17) is 9.84 Å². The van der Waals surface area contributed by atoms with E-state index in [9.17, 15) is 4.79 Å². The zero-order valence-electron chi connectivity index (χ0n) is 14.5. The normalized spacial score (nSPS) is 11.8. The topological polar surface area (TPSA) is 49.8 Å². The number of hydrogen-bond donors (Lipinski definition) is 1. The van der Waals surface area contributed by atoms with Crippen LogP contribution < -0.4 is 4.74 Å². The summed E-state index contributed by atoms with van der Waals surface area (Å²) in [5.41, 5.74) is 5.31. The molecule has 4 nitrogen and oxygen atoms in total. The van der Waals surface area contributed by atoms with Crippen molar-refractivity contribution in [2.75, 3.05) is 27.2 Å². The van der Waals surface area contributed by atoms with Crippen molar-refractivity contribution in [1.29, 1.82) is 0 Å². The third kappa shape index (κ3) is 7.68. The largest absolute Gasteiger partial charge is 0.497 e. The minimum Gasteiger partial charge on any atom is -0.497 e. The van der Waals surface area contributed by atoms with E-state index in [-0.39, 0.29) is 6.54 Å². The molecule has 0 saturated heterocycles. The number of methoxy groups -OCH3 is 1. The van der Waals surface area contributed by atoms with E-state index >= 15 is 0 Å². The van der Waals surface area contributed by atoms with Crippen LogP contribution in [0, 0.1) is 11.5 Å². The van der Waals surface area contributed by atoms with Crippen LogP contribution in [0.2, 0.25) is 19.6 Å². The van der Waals surface area contributed by atoms with Gasteiger partial charge >= 0.3 is 5.97 Å². The zero-order chi connectivity index (χ0) is 17.5. The monoisotopic (exact) mass is 331 g/mol. The van der Waals surface area contributed by atoms with E-state index in [1.165, 1.54) is 0 Å². The van der Waals surface area contributed by atoms with Crippen molar-refractivity contribution in [3.8, 4) is 17.2 Å². The summed E-state index contributed by atoms with van der Waals surface area (Å²) in [5, 5.41) is 8.84. The summed E-state index contributed by atoms with van der Waals surface area (Å²) < 4.78 is 5.18. The lowest BCUT2D eigenvalue weighted by atomic mass is 10.1. The van der Waals surface area contributed by atoms with Crippen molar-refractivity contribution in [1.82, 2.24) is 4.90 Å². The van der Waals surface area contributed by atoms with E-state index in [0.29, 0.717) is 6.54 Å². The molecule has 0 saturated carbocycles. The molecular weight excluding hydrogens is 306 g/mol. The first-order valence-corrected chi connectivity index (χ1v) is 11.0. The van der Waals surface area contributed by atoms with Crippen molar-refractivity contribution in [2.45, 2.75) is 19.6 Å². The molecule has 0 bridgehead atoms. The van der Waals surface area contributed by atoms with Crippen molar-refractivity contribution in [3.05, 3.63) is 35.9 Å². The second-order valence-corrected chi connectivity index (χ2v) is 11.2. The van der Waals surface area contributed by atoms with Gasteiger partial charge < -0.3 is 9.84 Å². The third-order valence-electron chi connectivity index (χ3n) is 2.99. The van der Waals surface area contributed by atoms with E-state index in [0.717, 1.165) is 16.9 Å². The number of benzene rings is 1. The maximum absolute atomic E-state index is 10.8. The predicted molar refractivity (Wildman–Crippen MR) is 97.2 cm³/mol. The van der Waals surface area contributed by atoms with Crippen molar-refractivity contribution in [2.24, 2.45) is 0 Å². The molecule has 0 aromatic heterocycles. The Morgan fingerprint density at radius 1 is 1.30 bits per heavy atom. The molecule has 0 amide bonds. The van der Waals surface area contributed by atoms with Gasteiger partial charge in [0.2, 0.25) is 0 Å². The SMILES string of the molecule is COc1ccc(C(C#C[Si](C)(C)C)=CCN(C)CC(=O)O)cc1. The molecule has 0 fully saturated rings. The lowest BCUT2D eigenvalue weighted by Gasteiger charge is -2.12. The minimum absolute atomic E-state index is 0.00778. The second kappa shape index (κ2) is 8.56. The van der Waals surface area contributed by atoms with Gasteiger partial charge in [-0.2, -0.15) is 0 Å². The molecule has 0 unspecified atom stereocenters. The molecule has 0 heterocycles. The highest BCUT2D eigenvalue weighted by atomic mass is 28.3. The first-order chi connectivity index (χ1) is 10.7. The molecule has 0 aliphatic heterocycles. The van der Waals surface area contributed by atoms with Crippen LogP contribution in [0.25, 0.3) is 5.57 Å². The van der Waals surface area contributed by atoms with E-state index in [2.05, 4.69) is 31.1 Å². The molecule has 124 valence electrons. The maximum Gasteiger partial charge on any atom is 0.317 e. The predicted octanol–water partition coefficient (Wildman–Crippen LogP) is 2.98. The molecule has 1 N–H and O–H groups in total. The van der Waals surface area contributed by atoms with Gasteiger partial charge in [0.1, 0.15) is 13.8 Å². The number of carboxylic acid groups (broad SMARTS) is 1. The molecule has 1 aromatic rings. The van der Waals surface area contributed by atoms with Gasteiger partial charge in [0.15, 0.2) is 0 Å². The number of rotatable bonds is 6. The van der Waals surface area contributed by atoms with Gasteiger partial charge in [-0.15, -0.1) is 5.54 Å². The number of allylic oxidation sites excluding steroid dienone is 1. The molecule has 1 rings (SSSR count). The van der Waals surface area contributed by atoms with Gasteiger partial charge in [0, 0.05) is 12.1 Å². The third-order valence-corrected chi connectivity index (χ3v) is 3.86. The van der Waals surface area contributed by atoms with Crippen LogP contribution in [0.5, 0.6) is 5.75 Å². The van der Waals surface area contributed by atoms with E-state index in [1.54, 1.807) is 19.1 Å². The molecule has 0 atom stereocenters. The van der Waals surface area contributed by atoms with E-state index < -0.39 is 14.0 Å². The highest BCUT2D eigenvalue weighted by Gasteiger charge is 2.09. The Morgan fingerprint density at radius 3 is 2.39 bits per heavy atom. The molecule has 0 aliphatic rings. The van der Waals surface area contributed by atoms with Crippen molar-refractivity contribution < 1.29 is 14.6 Å². The molecule has 23 heavy (non-hydrogen) atoms. The van der Waals surface area contributed by atoms with E-state index in [1.807, 2.05) is 30.3 Å². The lowest BCUT2D eigenvalue weighted by Crippen LogP contribution is -2.25. The Labute approximate surface area is 139 Å². The number of nitrogens with zero attached hydrogens (tertiary/aromatic N) is 1. The summed E-state index contributed by atoms with van der Waals surface area (Å²) in [6.45, 7) is 7.13. The Morgan fingerprint density at radius 2 is 1.91 bits per heavy atom. The van der Waals surface area contributed by atoms with Crippen LogP contribution in [0.1, 0.15) is 5.56 Å². The summed E-state index contributed by atoms with van der Waals surface area (Å²) >= 11 is 0. The Hall–Kier alpha value is -2.03. The van der Waals surface area contributed by atoms with Crippen molar-refractivity contribution >= 4 is 19.6 Å². The van der Waals surface area contributed by atoms with Crippen LogP contribution in [0.3, 0.4) is 0 Å². The fourth-order valence-electron chi connectivity index (χ4n) is 1.81. The average Bonchev–Trinajstić information content (AvgIpc) is 2.45. The number of aliphatic carboxylic acids is 1. The Balaban J connectivity index is 3.04. The zero-order valence-corrected chi connectivity index (χ0v) is 15.5. The number of carbonyl (C=O) groups is 1. The van der Waals surface area contributed by atoms with Crippen LogP contribution in [0.15, 0.2) is 30.3 Å². The summed E-state index contributed by atoms with van der Waals surface area (Å²) in [4.78, 5) is 12.5. The number of carboxylic acids is 1. The summed E-state index contributed by atoms with van der Waals surface area (Å²) in [6, 6.07) is 7.75. The first-order valence-electron chi connectivity index (χ1n) is 7.49. The van der Waals surface area contributed by atoms with Crippen LogP contribution in [-0.4, -0.2) is 51.3 Å². The van der Waals surface area contributed by atoms with Gasteiger partial charge in [0.25, 0.3) is 0 Å². The van der Waals surface area contributed by atoms with Crippen molar-refractivity contribution in [3.63, 3.8) is 0 Å². The lowest BCUT2D eigenvalue weighted by molar-refractivity contribution is -0.137. The molecule has 0 spiro atoms. The van der Waals surface area contributed by atoms with Gasteiger partial charge in [-0.25, -0.2) is 0 Å². The van der Waals surface area contributed by atoms with Crippen LogP contribution >= 0.6 is 0 Å². The number of ether oxygens (including phenoxy) is 1. The van der Waals surface area contributed by atoms with Crippen LogP contribution in [-0.2, 0) is 4.79 Å². The molecule has 0 radical (unpaired) electrons. The minimum atomic E-state index is -1.49. The Bertz CT molecular complexity index is 618. The highest BCUT2D eigenvalue weighted by Crippen LogP contribution is 2.18. The fraction of sp³-hybridized carbons (Fsp3) is 0.389. The summed E-state index contributed by atoms with van der Waals surface area (Å²) in [7, 11) is 1.93. The standard InChI is InChI=1S/C18H25NO3Si/c1-19(14-18(20)21)12-10-16(11-13-23(3,4)5)15-6-8-17(22-2)9-7-15/h6-10H,12,14H2,1-5H3,(H,20,21). The molecule has 0 aliphatic carbocycles. The summed E-state index contributed by atoms with van der Waals surface area (Å²) in [5.74, 6) is 3.25. The van der Waals surface area contributed by atoms with Gasteiger partial charge in [0.05, 0.1) is 13.7 Å². The quantitative estimate of drug-likeness (QED) is 0.643. The fourth-order valence-corrected chi connectivity index (χ4v) is 2.32. The molecular formula is C18H25NO3Si. The van der Waals surface area contributed by atoms with Gasteiger partial charge in [-0.3, -0.25) is 9.69 Å². The number of likely N-dealkylation sites (N-methyl/N-ethyl adjacent to an activating group) is 1. The van der Waals surface area contributed by atoms with Gasteiger partial charge in [-0.1, -0.05) is 43.8 Å². The maximum atomic E-state index is 10.8. The molecule has 5 heteroatoms. The average molecular weight is 331 g/mol. The Kier molecular flexibility index (Phi) is 7.08. The summed E-state index contributed by atoms with van der Waals surface area (Å²) in [6.07, 6.45) is 1.98. The van der Waals surface area contributed by atoms with Crippen LogP contribution in [0.4, 0.5) is 0 Å². The first kappa shape index (κ1) is 19.0. The second-order valence-electron chi connectivity index (χ2n) is 6.44. The van der Waals surface area contributed by atoms with Gasteiger partial charge in [-0.05, 0) is 24.7 Å². The highest BCUT2D eigenvalue weighted by molar-refractivity contribution is 6.84.